The van der Waals surface area contributed by atoms with Crippen LogP contribution in [0.2, 0.25) is 0 Å². The number of allylic oxidation sites excluding steroid dienone is 2. The van der Waals surface area contributed by atoms with E-state index in [2.05, 4.69) is 158 Å². The van der Waals surface area contributed by atoms with Crippen LogP contribution in [0.25, 0.3) is 109 Å². The second-order valence-corrected chi connectivity index (χ2v) is 13.9. The molecule has 0 fully saturated rings. The van der Waals surface area contributed by atoms with E-state index in [1.165, 1.54) is 76.1 Å². The highest BCUT2D eigenvalue weighted by Gasteiger charge is 2.17. The minimum absolute atomic E-state index is 0.923. The lowest BCUT2D eigenvalue weighted by Crippen LogP contribution is -1.90. The molecule has 0 atom stereocenters. The smallest absolute Gasteiger partial charge is 0.143 e. The van der Waals surface area contributed by atoms with Crippen molar-refractivity contribution in [3.63, 3.8) is 0 Å². The number of fused-ring (bicyclic) bond motifs is 6. The zero-order chi connectivity index (χ0) is 35.5. The number of hydrogen-bond acceptors (Lipinski definition) is 1. The Morgan fingerprint density at radius 2 is 0.887 bits per heavy atom. The van der Waals surface area contributed by atoms with E-state index in [1.807, 2.05) is 38.1 Å². The van der Waals surface area contributed by atoms with Gasteiger partial charge in [0, 0.05) is 16.3 Å². The van der Waals surface area contributed by atoms with Gasteiger partial charge in [0.1, 0.15) is 11.2 Å². The summed E-state index contributed by atoms with van der Waals surface area (Å²) in [5.74, 6) is 0. The Hall–Kier alpha value is -6.70. The molecule has 250 valence electrons. The fourth-order valence-corrected chi connectivity index (χ4v) is 8.37. The summed E-state index contributed by atoms with van der Waals surface area (Å²) in [5, 5.41) is 15.2. The van der Waals surface area contributed by atoms with Crippen molar-refractivity contribution < 1.29 is 4.42 Å². The molecule has 1 aromatic heterocycles. The Bertz CT molecular complexity index is 3170. The van der Waals surface area contributed by atoms with Gasteiger partial charge >= 0.3 is 0 Å². The van der Waals surface area contributed by atoms with Crippen LogP contribution >= 0.6 is 0 Å². The standard InChI is InChI=1S/C48H28O.C4H8/c1-2-9-34-33(8-1)28-44(38-11-4-3-10-37(34)38)39-25-21-32-22-26-41-35(24-20-31-23-27-42(39)47(32)46(31)41)29-16-18-30(19-17-29)36-13-7-14-43-40-12-5-6-15-45(40)49-48(36)43;1-3-4-2/h1-28H;3-4H,1-2H3/b;4-3-. The SMILES string of the molecule is C/C=C\C.c1ccc2c(c1)cc(-c1ccc3ccc4c(-c5ccc(-c6cccc7c6oc6ccccc67)cc5)ccc5ccc1c3c54)c1ccccc12. The highest BCUT2D eigenvalue weighted by Crippen LogP contribution is 2.45. The van der Waals surface area contributed by atoms with Crippen LogP contribution in [-0.4, -0.2) is 0 Å². The molecule has 0 amide bonds. The molecule has 1 heteroatoms. The summed E-state index contributed by atoms with van der Waals surface area (Å²) in [4.78, 5) is 0. The molecule has 53 heavy (non-hydrogen) atoms. The van der Waals surface area contributed by atoms with Crippen LogP contribution in [-0.2, 0) is 0 Å². The van der Waals surface area contributed by atoms with Gasteiger partial charge in [-0.3, -0.25) is 0 Å². The summed E-state index contributed by atoms with van der Waals surface area (Å²) in [6.45, 7) is 4.00. The monoisotopic (exact) mass is 676 g/mol. The van der Waals surface area contributed by atoms with E-state index in [0.29, 0.717) is 0 Å². The third-order valence-electron chi connectivity index (χ3n) is 11.0. The van der Waals surface area contributed by atoms with Crippen molar-refractivity contribution in [2.45, 2.75) is 13.8 Å². The van der Waals surface area contributed by atoms with Crippen molar-refractivity contribution in [3.8, 4) is 33.4 Å². The number of rotatable bonds is 3. The molecule has 0 N–H and O–H groups in total. The molecule has 10 aromatic carbocycles. The molecule has 0 unspecified atom stereocenters. The van der Waals surface area contributed by atoms with E-state index >= 15 is 0 Å². The lowest BCUT2D eigenvalue weighted by atomic mass is 9.85. The summed E-state index contributed by atoms with van der Waals surface area (Å²) in [7, 11) is 0. The van der Waals surface area contributed by atoms with E-state index in [-0.39, 0.29) is 0 Å². The van der Waals surface area contributed by atoms with Gasteiger partial charge in [-0.2, -0.15) is 0 Å². The van der Waals surface area contributed by atoms with E-state index in [0.717, 1.165) is 33.1 Å². The van der Waals surface area contributed by atoms with Crippen molar-refractivity contribution in [1.82, 2.24) is 0 Å². The van der Waals surface area contributed by atoms with Crippen LogP contribution in [0.15, 0.2) is 186 Å². The van der Waals surface area contributed by atoms with Gasteiger partial charge < -0.3 is 4.42 Å². The molecule has 11 rings (SSSR count). The average Bonchev–Trinajstić information content (AvgIpc) is 3.62. The van der Waals surface area contributed by atoms with E-state index in [4.69, 9.17) is 4.42 Å². The maximum atomic E-state index is 6.36. The predicted octanol–water partition coefficient (Wildman–Crippen LogP) is 15.4. The summed E-state index contributed by atoms with van der Waals surface area (Å²) >= 11 is 0. The Morgan fingerprint density at radius 1 is 0.340 bits per heavy atom. The third kappa shape index (κ3) is 4.93. The minimum atomic E-state index is 0.923. The highest BCUT2D eigenvalue weighted by molar-refractivity contribution is 6.28. The first-order valence-corrected chi connectivity index (χ1v) is 18.4. The van der Waals surface area contributed by atoms with Crippen LogP contribution in [0.4, 0.5) is 0 Å². The Labute approximate surface area is 308 Å². The van der Waals surface area contributed by atoms with Crippen LogP contribution in [0.5, 0.6) is 0 Å². The average molecular weight is 677 g/mol. The zero-order valence-corrected chi connectivity index (χ0v) is 29.7. The lowest BCUT2D eigenvalue weighted by Gasteiger charge is -2.18. The van der Waals surface area contributed by atoms with Gasteiger partial charge in [-0.1, -0.05) is 170 Å². The molecule has 11 aromatic rings. The predicted molar refractivity (Wildman–Crippen MR) is 229 cm³/mol. The number of para-hydroxylation sites is 2. The Morgan fingerprint density at radius 3 is 1.60 bits per heavy atom. The second-order valence-electron chi connectivity index (χ2n) is 13.9. The third-order valence-corrected chi connectivity index (χ3v) is 11.0. The fraction of sp³-hybridized carbons (Fsp3) is 0.0385. The summed E-state index contributed by atoms with van der Waals surface area (Å²) < 4.78 is 6.36. The van der Waals surface area contributed by atoms with Gasteiger partial charge in [0.05, 0.1) is 0 Å². The van der Waals surface area contributed by atoms with Crippen LogP contribution in [0, 0.1) is 0 Å². The molecule has 0 aliphatic heterocycles. The summed E-state index contributed by atoms with van der Waals surface area (Å²) in [5.41, 5.74) is 9.14. The molecule has 1 nitrogen and oxygen atoms in total. The first kappa shape index (κ1) is 31.1. The quantitative estimate of drug-likeness (QED) is 0.134. The Balaban J connectivity index is 0.000000835. The molecule has 1 heterocycles. The van der Waals surface area contributed by atoms with Gasteiger partial charge in [-0.05, 0) is 108 Å². The van der Waals surface area contributed by atoms with Crippen molar-refractivity contribution >= 4 is 75.8 Å². The van der Waals surface area contributed by atoms with E-state index < -0.39 is 0 Å². The van der Waals surface area contributed by atoms with Crippen molar-refractivity contribution in [2.24, 2.45) is 0 Å². The van der Waals surface area contributed by atoms with E-state index in [1.54, 1.807) is 0 Å². The van der Waals surface area contributed by atoms with Crippen molar-refractivity contribution in [2.75, 3.05) is 0 Å². The molecular weight excluding hydrogens is 641 g/mol. The normalized spacial score (nSPS) is 11.9. The molecule has 0 saturated heterocycles. The molecule has 0 aliphatic rings. The molecule has 0 bridgehead atoms. The van der Waals surface area contributed by atoms with Gasteiger partial charge in [0.25, 0.3) is 0 Å². The zero-order valence-electron chi connectivity index (χ0n) is 29.7. The molecule has 0 radical (unpaired) electrons. The number of furan rings is 1. The summed E-state index contributed by atoms with van der Waals surface area (Å²) in [6, 6.07) is 62.1. The molecule has 0 spiro atoms. The Kier molecular flexibility index (Phi) is 7.33. The summed E-state index contributed by atoms with van der Waals surface area (Å²) in [6.07, 6.45) is 4.00. The maximum absolute atomic E-state index is 6.36. The van der Waals surface area contributed by atoms with E-state index in [9.17, 15) is 0 Å². The maximum Gasteiger partial charge on any atom is 0.143 e. The minimum Gasteiger partial charge on any atom is -0.455 e. The van der Waals surface area contributed by atoms with Crippen molar-refractivity contribution in [1.29, 1.82) is 0 Å². The second kappa shape index (κ2) is 12.5. The van der Waals surface area contributed by atoms with Gasteiger partial charge in [-0.15, -0.1) is 0 Å². The van der Waals surface area contributed by atoms with Crippen LogP contribution in [0.3, 0.4) is 0 Å². The van der Waals surface area contributed by atoms with Gasteiger partial charge in [0.15, 0.2) is 0 Å². The van der Waals surface area contributed by atoms with Gasteiger partial charge in [-0.25, -0.2) is 0 Å². The van der Waals surface area contributed by atoms with Crippen LogP contribution in [0.1, 0.15) is 13.8 Å². The largest absolute Gasteiger partial charge is 0.455 e. The number of hydrogen-bond donors (Lipinski definition) is 0. The molecule has 0 aliphatic carbocycles. The first-order valence-electron chi connectivity index (χ1n) is 18.4. The van der Waals surface area contributed by atoms with Gasteiger partial charge in [0.2, 0.25) is 0 Å². The van der Waals surface area contributed by atoms with Crippen LogP contribution < -0.4 is 0 Å². The van der Waals surface area contributed by atoms with Crippen molar-refractivity contribution in [3.05, 3.63) is 182 Å². The first-order chi connectivity index (χ1) is 26.2. The molecule has 0 saturated carbocycles. The fourth-order valence-electron chi connectivity index (χ4n) is 8.37. The topological polar surface area (TPSA) is 13.1 Å². The molecular formula is C52H36O. The number of benzene rings is 10. The lowest BCUT2D eigenvalue weighted by molar-refractivity contribution is 0.670. The highest BCUT2D eigenvalue weighted by atomic mass is 16.3.